The first-order valence-corrected chi connectivity index (χ1v) is 11.5. The van der Waals surface area contributed by atoms with E-state index in [0.717, 1.165) is 17.1 Å². The van der Waals surface area contributed by atoms with Crippen LogP contribution in [0.25, 0.3) is 27.7 Å². The van der Waals surface area contributed by atoms with E-state index in [4.69, 9.17) is 0 Å². The molecular weight excluding hydrogens is 498 g/mol. The average Bonchev–Trinajstić information content (AvgIpc) is 3.43. The number of hydrogen-bond acceptors (Lipinski definition) is 7. The van der Waals surface area contributed by atoms with Crippen molar-refractivity contribution in [3.05, 3.63) is 35.9 Å². The number of fused-ring (bicyclic) bond motifs is 1. The van der Waals surface area contributed by atoms with Crippen molar-refractivity contribution in [1.82, 2.24) is 29.3 Å². The van der Waals surface area contributed by atoms with Crippen molar-refractivity contribution < 1.29 is 34.8 Å². The molecule has 33 heavy (non-hydrogen) atoms. The molecule has 176 valence electrons. The van der Waals surface area contributed by atoms with E-state index in [-0.39, 0.29) is 37.6 Å². The molecule has 0 saturated carbocycles. The molecule has 4 aromatic heterocycles. The minimum Gasteiger partial charge on any atom is -0.324 e. The Labute approximate surface area is 185 Å². The summed E-state index contributed by atoms with van der Waals surface area (Å²) in [5.74, 6) is -0.443. The van der Waals surface area contributed by atoms with Gasteiger partial charge < -0.3 is 4.57 Å². The number of aromatic nitrogens is 6. The van der Waals surface area contributed by atoms with Crippen molar-refractivity contribution in [2.75, 3.05) is 5.75 Å². The van der Waals surface area contributed by atoms with Gasteiger partial charge in [0.15, 0.2) is 25.6 Å². The molecule has 0 aliphatic heterocycles. The SMILES string of the molecule is CCS(=O)(=O)c1sc(-n2ccc(C(F)(F)F)n2)nc1-c1nc2cc(C(F)(F)F)ncc2n1C. The molecular formula is C17H12F6N6O2S2. The molecule has 0 aromatic carbocycles. The number of hydrogen-bond donors (Lipinski definition) is 0. The zero-order valence-corrected chi connectivity index (χ0v) is 18.2. The maximum absolute atomic E-state index is 13.0. The Morgan fingerprint density at radius 1 is 1.06 bits per heavy atom. The van der Waals surface area contributed by atoms with E-state index in [2.05, 4.69) is 20.1 Å². The Bertz CT molecular complexity index is 1470. The number of halogens is 6. The summed E-state index contributed by atoms with van der Waals surface area (Å²) in [6, 6.07) is 1.41. The van der Waals surface area contributed by atoms with E-state index >= 15 is 0 Å². The molecule has 4 rings (SSSR count). The third-order valence-corrected chi connectivity index (χ3v) is 7.96. The van der Waals surface area contributed by atoms with Crippen LogP contribution in [0.4, 0.5) is 26.3 Å². The molecule has 0 spiro atoms. The van der Waals surface area contributed by atoms with Crippen LogP contribution in [-0.4, -0.2) is 43.5 Å². The van der Waals surface area contributed by atoms with E-state index in [1.807, 2.05) is 0 Å². The lowest BCUT2D eigenvalue weighted by Gasteiger charge is -2.05. The summed E-state index contributed by atoms with van der Waals surface area (Å²) in [7, 11) is -2.50. The lowest BCUT2D eigenvalue weighted by atomic mass is 10.3. The van der Waals surface area contributed by atoms with Crippen molar-refractivity contribution in [1.29, 1.82) is 0 Å². The molecule has 0 unspecified atom stereocenters. The van der Waals surface area contributed by atoms with Gasteiger partial charge in [0.05, 0.1) is 23.0 Å². The van der Waals surface area contributed by atoms with Gasteiger partial charge in [-0.1, -0.05) is 18.3 Å². The van der Waals surface area contributed by atoms with Gasteiger partial charge in [-0.15, -0.1) is 0 Å². The zero-order valence-electron chi connectivity index (χ0n) is 16.6. The van der Waals surface area contributed by atoms with Crippen LogP contribution in [-0.2, 0) is 29.2 Å². The third-order valence-electron chi connectivity index (χ3n) is 4.59. The molecule has 4 aromatic rings. The first-order chi connectivity index (χ1) is 15.2. The Morgan fingerprint density at radius 2 is 1.73 bits per heavy atom. The second-order valence-corrected chi connectivity index (χ2v) is 10.2. The largest absolute Gasteiger partial charge is 0.435 e. The highest BCUT2D eigenvalue weighted by Gasteiger charge is 2.35. The van der Waals surface area contributed by atoms with Gasteiger partial charge in [-0.05, 0) is 12.1 Å². The minimum atomic E-state index is -4.72. The predicted octanol–water partition coefficient (Wildman–Crippen LogP) is 4.11. The molecule has 0 atom stereocenters. The number of nitrogens with zero attached hydrogens (tertiary/aromatic N) is 6. The monoisotopic (exact) mass is 510 g/mol. The summed E-state index contributed by atoms with van der Waals surface area (Å²) >= 11 is 0.574. The number of thiazole rings is 1. The van der Waals surface area contributed by atoms with Crippen LogP contribution in [0.1, 0.15) is 18.3 Å². The van der Waals surface area contributed by atoms with E-state index in [1.165, 1.54) is 18.5 Å². The number of alkyl halides is 6. The van der Waals surface area contributed by atoms with Crippen LogP contribution < -0.4 is 0 Å². The number of imidazole rings is 1. The fraction of sp³-hybridized carbons (Fsp3) is 0.294. The molecule has 8 nitrogen and oxygen atoms in total. The minimum absolute atomic E-state index is 0.0937. The Morgan fingerprint density at radius 3 is 2.30 bits per heavy atom. The first kappa shape index (κ1) is 23.2. The van der Waals surface area contributed by atoms with Gasteiger partial charge in [0.1, 0.15) is 11.4 Å². The van der Waals surface area contributed by atoms with E-state index in [0.29, 0.717) is 23.5 Å². The second-order valence-electron chi connectivity index (χ2n) is 6.73. The third kappa shape index (κ3) is 4.07. The lowest BCUT2D eigenvalue weighted by molar-refractivity contribution is -0.142. The average molecular weight is 510 g/mol. The van der Waals surface area contributed by atoms with Crippen molar-refractivity contribution >= 4 is 32.2 Å². The van der Waals surface area contributed by atoms with Gasteiger partial charge in [0, 0.05) is 13.2 Å². The standard InChI is InChI=1S/C17H12F6N6O2S2/c1-3-33(30,31)14-12(26-15(32-14)29-5-4-10(27-29)16(18,19)20)13-25-8-6-11(17(21,22)23)24-7-9(8)28(13)2/h4-7H,3H2,1-2H3. The summed E-state index contributed by atoms with van der Waals surface area (Å²) < 4.78 is 105. The molecule has 0 radical (unpaired) electrons. The maximum atomic E-state index is 13.0. The fourth-order valence-corrected chi connectivity index (χ4v) is 5.42. The van der Waals surface area contributed by atoms with Crippen LogP contribution in [0.15, 0.2) is 28.7 Å². The molecule has 0 N–H and O–H groups in total. The number of rotatable bonds is 4. The lowest BCUT2D eigenvalue weighted by Crippen LogP contribution is -2.07. The summed E-state index contributed by atoms with van der Waals surface area (Å²) in [6.07, 6.45) is -7.52. The Kier molecular flexibility index (Phi) is 5.27. The van der Waals surface area contributed by atoms with Gasteiger partial charge in [0.25, 0.3) is 0 Å². The smallest absolute Gasteiger partial charge is 0.324 e. The summed E-state index contributed by atoms with van der Waals surface area (Å²) in [5.41, 5.74) is -2.54. The van der Waals surface area contributed by atoms with Crippen molar-refractivity contribution in [3.8, 4) is 16.6 Å². The van der Waals surface area contributed by atoms with E-state index in [1.54, 1.807) is 0 Å². The van der Waals surface area contributed by atoms with Gasteiger partial charge >= 0.3 is 12.4 Å². The molecule has 0 fully saturated rings. The van der Waals surface area contributed by atoms with Crippen molar-refractivity contribution in [2.45, 2.75) is 23.5 Å². The maximum Gasteiger partial charge on any atom is 0.435 e. The number of aryl methyl sites for hydroxylation is 1. The fourth-order valence-electron chi connectivity index (χ4n) is 2.91. The zero-order chi connectivity index (χ0) is 24.3. The molecule has 0 aliphatic rings. The number of pyridine rings is 1. The quantitative estimate of drug-likeness (QED) is 0.384. The summed E-state index contributed by atoms with van der Waals surface area (Å²) in [5, 5.41) is 3.21. The topological polar surface area (TPSA) is 95.6 Å². The van der Waals surface area contributed by atoms with E-state index in [9.17, 15) is 34.8 Å². The van der Waals surface area contributed by atoms with E-state index < -0.39 is 33.6 Å². The number of sulfone groups is 1. The van der Waals surface area contributed by atoms with Crippen LogP contribution in [0.5, 0.6) is 0 Å². The molecule has 0 saturated heterocycles. The van der Waals surface area contributed by atoms with Gasteiger partial charge in [-0.3, -0.25) is 0 Å². The van der Waals surface area contributed by atoms with Gasteiger partial charge in [0.2, 0.25) is 5.13 Å². The highest BCUT2D eigenvalue weighted by atomic mass is 32.2. The highest BCUT2D eigenvalue weighted by Crippen LogP contribution is 2.37. The van der Waals surface area contributed by atoms with Crippen LogP contribution in [0, 0.1) is 0 Å². The highest BCUT2D eigenvalue weighted by molar-refractivity contribution is 7.93. The van der Waals surface area contributed by atoms with Gasteiger partial charge in [-0.2, -0.15) is 31.4 Å². The normalized spacial score (nSPS) is 13.2. The van der Waals surface area contributed by atoms with Crippen molar-refractivity contribution in [3.63, 3.8) is 0 Å². The first-order valence-electron chi connectivity index (χ1n) is 8.99. The molecule has 4 heterocycles. The summed E-state index contributed by atoms with van der Waals surface area (Å²) in [6.45, 7) is 1.36. The Balaban J connectivity index is 1.92. The molecule has 16 heteroatoms. The molecule has 0 aliphatic carbocycles. The van der Waals surface area contributed by atoms with Crippen LogP contribution in [0.3, 0.4) is 0 Å². The predicted molar refractivity (Wildman–Crippen MR) is 104 cm³/mol. The van der Waals surface area contributed by atoms with Crippen LogP contribution >= 0.6 is 11.3 Å². The van der Waals surface area contributed by atoms with Crippen LogP contribution in [0.2, 0.25) is 0 Å². The van der Waals surface area contributed by atoms with Crippen molar-refractivity contribution in [2.24, 2.45) is 7.05 Å². The Hall–Kier alpha value is -3.01. The molecule has 0 amide bonds. The second kappa shape index (κ2) is 7.51. The summed E-state index contributed by atoms with van der Waals surface area (Å²) in [4.78, 5) is 11.6. The molecule has 0 bridgehead atoms. The van der Waals surface area contributed by atoms with Gasteiger partial charge in [-0.25, -0.2) is 28.1 Å².